The molecule has 0 aliphatic rings. The molecule has 0 atom stereocenters. The Bertz CT molecular complexity index is 370. The van der Waals surface area contributed by atoms with Crippen LogP contribution >= 0.6 is 0 Å². The van der Waals surface area contributed by atoms with Crippen LogP contribution in [0, 0.1) is 6.92 Å². The molecule has 0 spiro atoms. The van der Waals surface area contributed by atoms with E-state index in [1.807, 2.05) is 32.9 Å². The highest BCUT2D eigenvalue weighted by molar-refractivity contribution is 5.49. The molecule has 1 rings (SSSR count). The predicted molar refractivity (Wildman–Crippen MR) is 64.4 cm³/mol. The summed E-state index contributed by atoms with van der Waals surface area (Å²) in [6, 6.07) is 3.85. The number of aryl methyl sites for hydroxylation is 1. The predicted octanol–water partition coefficient (Wildman–Crippen LogP) is 2.28. The van der Waals surface area contributed by atoms with E-state index in [9.17, 15) is 5.11 Å². The van der Waals surface area contributed by atoms with Gasteiger partial charge in [0.2, 0.25) is 0 Å². The molecule has 0 heterocycles. The topological polar surface area (TPSA) is 38.7 Å². The van der Waals surface area contributed by atoms with Crippen LogP contribution in [-0.4, -0.2) is 25.9 Å². The maximum absolute atomic E-state index is 9.43. The Labute approximate surface area is 97.0 Å². The van der Waals surface area contributed by atoms with Crippen LogP contribution in [0.5, 0.6) is 11.5 Å². The molecule has 0 radical (unpaired) electrons. The molecule has 90 valence electrons. The monoisotopic (exact) mass is 224 g/mol. The first-order valence-electron chi connectivity index (χ1n) is 5.30. The summed E-state index contributed by atoms with van der Waals surface area (Å²) in [5.74, 6) is 1.61. The van der Waals surface area contributed by atoms with E-state index in [2.05, 4.69) is 0 Å². The van der Waals surface area contributed by atoms with E-state index in [-0.39, 0.29) is 12.0 Å². The van der Waals surface area contributed by atoms with Gasteiger partial charge in [-0.25, -0.2) is 0 Å². The zero-order valence-electron chi connectivity index (χ0n) is 10.6. The zero-order chi connectivity index (χ0) is 12.3. The van der Waals surface area contributed by atoms with Gasteiger partial charge in [0.1, 0.15) is 11.5 Å². The number of aliphatic hydroxyl groups is 1. The minimum Gasteiger partial charge on any atom is -0.497 e. The minimum absolute atomic E-state index is 0.0654. The van der Waals surface area contributed by atoms with Crippen molar-refractivity contribution in [3.8, 4) is 11.5 Å². The lowest BCUT2D eigenvalue weighted by Gasteiger charge is -2.26. The van der Waals surface area contributed by atoms with Crippen LogP contribution in [0.1, 0.15) is 25.0 Å². The van der Waals surface area contributed by atoms with Crippen molar-refractivity contribution in [2.45, 2.75) is 26.2 Å². The number of hydrogen-bond donors (Lipinski definition) is 1. The Morgan fingerprint density at radius 1 is 1.19 bits per heavy atom. The molecule has 0 aliphatic heterocycles. The van der Waals surface area contributed by atoms with Crippen LogP contribution in [-0.2, 0) is 5.41 Å². The normalized spacial score (nSPS) is 11.4. The van der Waals surface area contributed by atoms with Gasteiger partial charge in [-0.3, -0.25) is 0 Å². The summed E-state index contributed by atoms with van der Waals surface area (Å²) in [6.45, 7) is 5.99. The molecule has 0 unspecified atom stereocenters. The third kappa shape index (κ3) is 2.30. The molecule has 1 aromatic carbocycles. The van der Waals surface area contributed by atoms with Crippen molar-refractivity contribution >= 4 is 0 Å². The Kier molecular flexibility index (Phi) is 3.81. The first-order chi connectivity index (χ1) is 7.46. The van der Waals surface area contributed by atoms with Gasteiger partial charge in [0, 0.05) is 11.0 Å². The molecule has 16 heavy (non-hydrogen) atoms. The van der Waals surface area contributed by atoms with Gasteiger partial charge in [-0.2, -0.15) is 0 Å². The second kappa shape index (κ2) is 4.74. The molecule has 0 aromatic heterocycles. The molecule has 0 aliphatic carbocycles. The lowest BCUT2D eigenvalue weighted by Crippen LogP contribution is -2.23. The third-order valence-corrected chi connectivity index (χ3v) is 2.81. The van der Waals surface area contributed by atoms with Gasteiger partial charge in [0.15, 0.2) is 0 Å². The number of ether oxygens (including phenoxy) is 2. The first-order valence-corrected chi connectivity index (χ1v) is 5.30. The molecule has 0 bridgehead atoms. The fourth-order valence-corrected chi connectivity index (χ4v) is 1.72. The summed E-state index contributed by atoms with van der Waals surface area (Å²) in [5, 5.41) is 9.43. The van der Waals surface area contributed by atoms with E-state index in [1.54, 1.807) is 14.2 Å². The van der Waals surface area contributed by atoms with Crippen molar-refractivity contribution in [2.75, 3.05) is 20.8 Å². The smallest absolute Gasteiger partial charge is 0.125 e. The molecule has 1 N–H and O–H groups in total. The molecule has 3 nitrogen and oxygen atoms in total. The average molecular weight is 224 g/mol. The first kappa shape index (κ1) is 12.8. The summed E-state index contributed by atoms with van der Waals surface area (Å²) in [6.07, 6.45) is 0. The van der Waals surface area contributed by atoms with E-state index in [0.29, 0.717) is 0 Å². The SMILES string of the molecule is COc1cc(C)c(OC)c(C(C)(C)CO)c1. The van der Waals surface area contributed by atoms with E-state index in [4.69, 9.17) is 9.47 Å². The number of aliphatic hydroxyl groups excluding tert-OH is 1. The van der Waals surface area contributed by atoms with Crippen molar-refractivity contribution in [2.24, 2.45) is 0 Å². The fourth-order valence-electron chi connectivity index (χ4n) is 1.72. The van der Waals surface area contributed by atoms with Gasteiger partial charge < -0.3 is 14.6 Å². The van der Waals surface area contributed by atoms with Crippen molar-refractivity contribution in [3.05, 3.63) is 23.3 Å². The number of rotatable bonds is 4. The highest BCUT2D eigenvalue weighted by Gasteiger charge is 2.25. The summed E-state index contributed by atoms with van der Waals surface area (Å²) in [7, 11) is 3.28. The number of benzene rings is 1. The summed E-state index contributed by atoms with van der Waals surface area (Å²) >= 11 is 0. The van der Waals surface area contributed by atoms with E-state index < -0.39 is 0 Å². The van der Waals surface area contributed by atoms with Crippen LogP contribution in [0.15, 0.2) is 12.1 Å². The van der Waals surface area contributed by atoms with Gasteiger partial charge in [0.25, 0.3) is 0 Å². The quantitative estimate of drug-likeness (QED) is 0.852. The lowest BCUT2D eigenvalue weighted by atomic mass is 9.84. The number of hydrogen-bond acceptors (Lipinski definition) is 3. The second-order valence-electron chi connectivity index (χ2n) is 4.57. The van der Waals surface area contributed by atoms with Gasteiger partial charge in [0.05, 0.1) is 20.8 Å². The second-order valence-corrected chi connectivity index (χ2v) is 4.57. The minimum atomic E-state index is -0.343. The van der Waals surface area contributed by atoms with Gasteiger partial charge in [-0.1, -0.05) is 13.8 Å². The molecule has 0 saturated carbocycles. The van der Waals surface area contributed by atoms with Crippen molar-refractivity contribution in [3.63, 3.8) is 0 Å². The molecule has 0 saturated heterocycles. The van der Waals surface area contributed by atoms with Gasteiger partial charge >= 0.3 is 0 Å². The Morgan fingerprint density at radius 3 is 2.25 bits per heavy atom. The maximum atomic E-state index is 9.43. The van der Waals surface area contributed by atoms with Crippen LogP contribution < -0.4 is 9.47 Å². The van der Waals surface area contributed by atoms with Crippen molar-refractivity contribution < 1.29 is 14.6 Å². The van der Waals surface area contributed by atoms with E-state index in [0.717, 1.165) is 22.6 Å². The van der Waals surface area contributed by atoms with Gasteiger partial charge in [-0.15, -0.1) is 0 Å². The van der Waals surface area contributed by atoms with Crippen LogP contribution in [0.2, 0.25) is 0 Å². The van der Waals surface area contributed by atoms with Crippen LogP contribution in [0.3, 0.4) is 0 Å². The zero-order valence-corrected chi connectivity index (χ0v) is 10.6. The fraction of sp³-hybridized carbons (Fsp3) is 0.538. The molecular formula is C13H20O3. The molecule has 0 amide bonds. The van der Waals surface area contributed by atoms with E-state index in [1.165, 1.54) is 0 Å². The molecular weight excluding hydrogens is 204 g/mol. The van der Waals surface area contributed by atoms with Crippen molar-refractivity contribution in [1.82, 2.24) is 0 Å². The van der Waals surface area contributed by atoms with E-state index >= 15 is 0 Å². The van der Waals surface area contributed by atoms with Crippen molar-refractivity contribution in [1.29, 1.82) is 0 Å². The lowest BCUT2D eigenvalue weighted by molar-refractivity contribution is 0.214. The Hall–Kier alpha value is -1.22. The van der Waals surface area contributed by atoms with Crippen LogP contribution in [0.25, 0.3) is 0 Å². The highest BCUT2D eigenvalue weighted by atomic mass is 16.5. The van der Waals surface area contributed by atoms with Gasteiger partial charge in [-0.05, 0) is 24.6 Å². The Morgan fingerprint density at radius 2 is 1.81 bits per heavy atom. The highest BCUT2D eigenvalue weighted by Crippen LogP contribution is 2.36. The summed E-state index contributed by atoms with van der Waals surface area (Å²) < 4.78 is 10.6. The average Bonchev–Trinajstić information content (AvgIpc) is 2.27. The largest absolute Gasteiger partial charge is 0.497 e. The standard InChI is InChI=1S/C13H20O3/c1-9-6-10(15-4)7-11(12(9)16-5)13(2,3)8-14/h6-7,14H,8H2,1-5H3. The van der Waals surface area contributed by atoms with Crippen LogP contribution in [0.4, 0.5) is 0 Å². The molecule has 3 heteroatoms. The summed E-state index contributed by atoms with van der Waals surface area (Å²) in [5.41, 5.74) is 1.64. The summed E-state index contributed by atoms with van der Waals surface area (Å²) in [4.78, 5) is 0. The Balaban J connectivity index is 3.39. The third-order valence-electron chi connectivity index (χ3n) is 2.81. The molecule has 1 aromatic rings. The number of methoxy groups -OCH3 is 2. The molecule has 0 fully saturated rings. The maximum Gasteiger partial charge on any atom is 0.125 e.